The summed E-state index contributed by atoms with van der Waals surface area (Å²) in [6.07, 6.45) is 4.58. The Hall–Kier alpha value is -4.64. The molecular weight excluding hydrogens is 566 g/mol. The number of benzene rings is 3. The first-order valence-corrected chi connectivity index (χ1v) is 14.7. The summed E-state index contributed by atoms with van der Waals surface area (Å²) < 4.78 is 38.6. The summed E-state index contributed by atoms with van der Waals surface area (Å²) in [5.41, 5.74) is 3.23. The van der Waals surface area contributed by atoms with E-state index in [1.165, 1.54) is 6.07 Å². The van der Waals surface area contributed by atoms with Crippen LogP contribution >= 0.6 is 0 Å². The zero-order valence-electron chi connectivity index (χ0n) is 24.6. The van der Waals surface area contributed by atoms with Crippen LogP contribution in [-0.2, 0) is 11.3 Å². The summed E-state index contributed by atoms with van der Waals surface area (Å²) in [4.78, 5) is 24.7. The predicted molar refractivity (Wildman–Crippen MR) is 163 cm³/mol. The maximum atomic E-state index is 15.6. The third-order valence-electron chi connectivity index (χ3n) is 8.15. The SMILES string of the molecule is CN(C)CCn1cnc(-c2ccc(-c3ccc(-c4c(F)cc5[nH]c(O[C@H]6CC[C@H](CC(=O)O)CC6)nc5c4F)cc3)cc2)n1. The Morgan fingerprint density at radius 1 is 1.00 bits per heavy atom. The largest absolute Gasteiger partial charge is 0.481 e. The first-order chi connectivity index (χ1) is 21.2. The summed E-state index contributed by atoms with van der Waals surface area (Å²) in [6, 6.07) is 16.3. The molecule has 1 saturated carbocycles. The molecule has 0 spiro atoms. The van der Waals surface area contributed by atoms with Gasteiger partial charge in [-0.25, -0.2) is 13.8 Å². The van der Waals surface area contributed by atoms with Gasteiger partial charge in [0.05, 0.1) is 17.6 Å². The van der Waals surface area contributed by atoms with E-state index in [0.717, 1.165) is 42.6 Å². The average molecular weight is 601 g/mol. The Kier molecular flexibility index (Phi) is 8.38. The van der Waals surface area contributed by atoms with Gasteiger partial charge in [0.2, 0.25) is 0 Å². The van der Waals surface area contributed by atoms with Crippen LogP contribution in [0.15, 0.2) is 60.9 Å². The van der Waals surface area contributed by atoms with Crippen LogP contribution in [0.5, 0.6) is 6.01 Å². The highest BCUT2D eigenvalue weighted by molar-refractivity contribution is 5.84. The van der Waals surface area contributed by atoms with Crippen molar-refractivity contribution in [2.24, 2.45) is 5.92 Å². The predicted octanol–water partition coefficient (Wildman–Crippen LogP) is 6.41. The summed E-state index contributed by atoms with van der Waals surface area (Å²) in [5.74, 6) is -1.46. The van der Waals surface area contributed by atoms with E-state index in [-0.39, 0.29) is 41.1 Å². The Balaban J connectivity index is 1.15. The highest BCUT2D eigenvalue weighted by Crippen LogP contribution is 2.35. The van der Waals surface area contributed by atoms with Crippen molar-refractivity contribution in [2.45, 2.75) is 44.8 Å². The van der Waals surface area contributed by atoms with Crippen molar-refractivity contribution in [1.29, 1.82) is 0 Å². The van der Waals surface area contributed by atoms with Crippen molar-refractivity contribution >= 4 is 17.0 Å². The molecule has 0 radical (unpaired) electrons. The maximum Gasteiger partial charge on any atom is 0.303 e. The molecule has 1 aliphatic rings. The second-order valence-corrected chi connectivity index (χ2v) is 11.6. The van der Waals surface area contributed by atoms with Gasteiger partial charge in [0.25, 0.3) is 6.01 Å². The summed E-state index contributed by atoms with van der Waals surface area (Å²) in [5, 5.41) is 13.6. The van der Waals surface area contributed by atoms with Crippen LogP contribution in [0.3, 0.4) is 0 Å². The van der Waals surface area contributed by atoms with Crippen LogP contribution in [0.2, 0.25) is 0 Å². The fraction of sp³-hybridized carbons (Fsp3) is 0.333. The number of H-pyrrole nitrogens is 1. The van der Waals surface area contributed by atoms with Gasteiger partial charge in [0, 0.05) is 24.6 Å². The Morgan fingerprint density at radius 3 is 2.27 bits per heavy atom. The van der Waals surface area contributed by atoms with Gasteiger partial charge in [0.1, 0.15) is 23.8 Å². The molecule has 1 aliphatic carbocycles. The number of aromatic nitrogens is 5. The highest BCUT2D eigenvalue weighted by atomic mass is 19.1. The minimum absolute atomic E-state index is 0.00777. The number of nitrogens with zero attached hydrogens (tertiary/aromatic N) is 5. The zero-order valence-corrected chi connectivity index (χ0v) is 24.6. The van der Waals surface area contributed by atoms with Crippen LogP contribution in [-0.4, -0.2) is 67.5 Å². The van der Waals surface area contributed by atoms with Gasteiger partial charge in [-0.05, 0) is 62.4 Å². The van der Waals surface area contributed by atoms with E-state index in [9.17, 15) is 4.79 Å². The van der Waals surface area contributed by atoms with Gasteiger partial charge in [-0.2, -0.15) is 10.1 Å². The van der Waals surface area contributed by atoms with E-state index in [1.807, 2.05) is 55.2 Å². The van der Waals surface area contributed by atoms with Crippen molar-refractivity contribution < 1.29 is 23.4 Å². The van der Waals surface area contributed by atoms with Gasteiger partial charge in [-0.15, -0.1) is 0 Å². The molecule has 9 nitrogen and oxygen atoms in total. The average Bonchev–Trinajstić information content (AvgIpc) is 3.65. The molecule has 228 valence electrons. The number of carboxylic acids is 1. The number of nitrogens with one attached hydrogen (secondary N) is 1. The molecule has 5 aromatic rings. The molecule has 3 aromatic carbocycles. The Labute approximate surface area is 253 Å². The van der Waals surface area contributed by atoms with Crippen molar-refractivity contribution in [1.82, 2.24) is 29.6 Å². The molecule has 0 amide bonds. The zero-order chi connectivity index (χ0) is 30.8. The van der Waals surface area contributed by atoms with Crippen LogP contribution in [0, 0.1) is 17.6 Å². The van der Waals surface area contributed by atoms with Gasteiger partial charge < -0.3 is 19.7 Å². The highest BCUT2D eigenvalue weighted by Gasteiger charge is 2.26. The lowest BCUT2D eigenvalue weighted by atomic mass is 9.85. The van der Waals surface area contributed by atoms with Gasteiger partial charge >= 0.3 is 5.97 Å². The number of likely N-dealkylation sites (N-methyl/N-ethyl adjacent to an activating group) is 1. The lowest BCUT2D eigenvalue weighted by Gasteiger charge is -2.27. The minimum Gasteiger partial charge on any atom is -0.481 e. The molecular formula is C33H34F2N6O3. The number of ether oxygens (including phenoxy) is 1. The van der Waals surface area contributed by atoms with Crippen molar-refractivity contribution in [2.75, 3.05) is 20.6 Å². The van der Waals surface area contributed by atoms with Crippen LogP contribution in [0.1, 0.15) is 32.1 Å². The Morgan fingerprint density at radius 2 is 1.64 bits per heavy atom. The number of rotatable bonds is 10. The van der Waals surface area contributed by atoms with E-state index < -0.39 is 17.6 Å². The molecule has 2 heterocycles. The summed E-state index contributed by atoms with van der Waals surface area (Å²) >= 11 is 0. The number of imidazole rings is 1. The third kappa shape index (κ3) is 6.47. The first kappa shape index (κ1) is 29.4. The number of carbonyl (C=O) groups is 1. The molecule has 0 saturated heterocycles. The van der Waals surface area contributed by atoms with Crippen molar-refractivity contribution in [3.63, 3.8) is 0 Å². The molecule has 0 unspecified atom stereocenters. The molecule has 2 aromatic heterocycles. The number of aromatic amines is 1. The molecule has 11 heteroatoms. The quantitative estimate of drug-likeness (QED) is 0.191. The lowest BCUT2D eigenvalue weighted by molar-refractivity contribution is -0.138. The van der Waals surface area contributed by atoms with Crippen LogP contribution in [0.25, 0.3) is 44.7 Å². The van der Waals surface area contributed by atoms with E-state index >= 15 is 8.78 Å². The number of carboxylic acid groups (broad SMARTS) is 1. The lowest BCUT2D eigenvalue weighted by Crippen LogP contribution is -2.25. The molecule has 2 N–H and O–H groups in total. The number of hydrogen-bond acceptors (Lipinski definition) is 6. The minimum atomic E-state index is -0.794. The number of hydrogen-bond donors (Lipinski definition) is 2. The topological polar surface area (TPSA) is 109 Å². The van der Waals surface area contributed by atoms with Gasteiger partial charge in [-0.3, -0.25) is 9.48 Å². The van der Waals surface area contributed by atoms with Crippen LogP contribution in [0.4, 0.5) is 8.78 Å². The molecule has 0 atom stereocenters. The second-order valence-electron chi connectivity index (χ2n) is 11.6. The molecule has 0 aliphatic heterocycles. The standard InChI is InChI=1S/C33H34F2N6O3/c1-40(2)15-16-41-19-36-32(39-41)24-11-7-22(8-12-24)21-5-9-23(10-6-21)29-26(34)18-27-31(30(29)35)38-33(37-27)44-25-13-3-20(4-14-25)17-28(42)43/h5-12,18-20,25H,3-4,13-17H2,1-2H3,(H,37,38)(H,42,43)/t20-,25-. The maximum absolute atomic E-state index is 15.6. The fourth-order valence-corrected chi connectivity index (χ4v) is 5.72. The fourth-order valence-electron chi connectivity index (χ4n) is 5.72. The van der Waals surface area contributed by atoms with Gasteiger partial charge in [0.15, 0.2) is 11.6 Å². The normalized spacial score (nSPS) is 16.9. The molecule has 1 fully saturated rings. The molecule has 6 rings (SSSR count). The monoisotopic (exact) mass is 600 g/mol. The van der Waals surface area contributed by atoms with Crippen molar-refractivity contribution in [3.8, 4) is 39.7 Å². The van der Waals surface area contributed by atoms with E-state index in [0.29, 0.717) is 24.2 Å². The van der Waals surface area contributed by atoms with Crippen LogP contribution < -0.4 is 4.74 Å². The number of fused-ring (bicyclic) bond motifs is 1. The third-order valence-corrected chi connectivity index (χ3v) is 8.15. The summed E-state index contributed by atoms with van der Waals surface area (Å²) in [7, 11) is 4.03. The van der Waals surface area contributed by atoms with Gasteiger partial charge in [-0.1, -0.05) is 48.5 Å². The molecule has 0 bridgehead atoms. The first-order valence-electron chi connectivity index (χ1n) is 14.7. The van der Waals surface area contributed by atoms with Crippen molar-refractivity contribution in [3.05, 3.63) is 72.6 Å². The smallest absolute Gasteiger partial charge is 0.303 e. The van der Waals surface area contributed by atoms with E-state index in [1.54, 1.807) is 18.5 Å². The molecule has 44 heavy (non-hydrogen) atoms. The Bertz CT molecular complexity index is 1760. The number of aliphatic carboxylic acids is 1. The number of halogens is 2. The second kappa shape index (κ2) is 12.5. The van der Waals surface area contributed by atoms with E-state index in [2.05, 4.69) is 25.0 Å². The van der Waals surface area contributed by atoms with E-state index in [4.69, 9.17) is 9.84 Å². The summed E-state index contributed by atoms with van der Waals surface area (Å²) in [6.45, 7) is 1.63.